The largest absolute Gasteiger partial charge is 0.497 e. The molecule has 0 aliphatic heterocycles. The van der Waals surface area contributed by atoms with Crippen molar-refractivity contribution >= 4 is 33.4 Å². The number of hydrogen-bond donors (Lipinski definition) is 0. The van der Waals surface area contributed by atoms with Crippen molar-refractivity contribution in [2.24, 2.45) is 0 Å². The summed E-state index contributed by atoms with van der Waals surface area (Å²) in [5.41, 5.74) is 2.43. The number of imidazole rings is 1. The lowest BCUT2D eigenvalue weighted by Gasteiger charge is -2.13. The van der Waals surface area contributed by atoms with E-state index in [0.29, 0.717) is 47.2 Å². The van der Waals surface area contributed by atoms with E-state index in [2.05, 4.69) is 4.98 Å². The Bertz CT molecular complexity index is 1610. The molecule has 0 radical (unpaired) electrons. The van der Waals surface area contributed by atoms with Crippen molar-refractivity contribution in [2.45, 2.75) is 13.3 Å². The van der Waals surface area contributed by atoms with E-state index in [1.165, 1.54) is 11.3 Å². The summed E-state index contributed by atoms with van der Waals surface area (Å²) in [6.07, 6.45) is 2.57. The SMILES string of the molecule is CCOc1cc(/C=c2\sc3nc4ccccc4n3c2=O)ccc1OCCCOc1cccc(OC)c1. The Kier molecular flexibility index (Phi) is 7.04. The van der Waals surface area contributed by atoms with Gasteiger partial charge in [-0.25, -0.2) is 9.38 Å². The lowest BCUT2D eigenvalue weighted by atomic mass is 10.2. The van der Waals surface area contributed by atoms with Gasteiger partial charge in [-0.1, -0.05) is 35.6 Å². The number of fused-ring (bicyclic) bond motifs is 3. The number of nitrogens with zero attached hydrogens (tertiary/aromatic N) is 2. The first kappa shape index (κ1) is 23.7. The normalized spacial score (nSPS) is 11.8. The number of ether oxygens (including phenoxy) is 4. The molecule has 0 amide bonds. The number of rotatable bonds is 10. The van der Waals surface area contributed by atoms with Crippen LogP contribution in [0.1, 0.15) is 18.9 Å². The summed E-state index contributed by atoms with van der Waals surface area (Å²) in [6.45, 7) is 3.43. The zero-order valence-corrected chi connectivity index (χ0v) is 20.9. The van der Waals surface area contributed by atoms with Crippen LogP contribution in [0, 0.1) is 0 Å². The molecule has 5 aromatic rings. The van der Waals surface area contributed by atoms with Crippen molar-refractivity contribution in [2.75, 3.05) is 26.9 Å². The van der Waals surface area contributed by atoms with Crippen molar-refractivity contribution in [1.82, 2.24) is 9.38 Å². The third-order valence-corrected chi connectivity index (χ3v) is 6.54. The molecule has 5 rings (SSSR count). The van der Waals surface area contributed by atoms with Crippen molar-refractivity contribution in [3.8, 4) is 23.0 Å². The highest BCUT2D eigenvalue weighted by Gasteiger charge is 2.11. The maximum Gasteiger partial charge on any atom is 0.274 e. The van der Waals surface area contributed by atoms with Crippen molar-refractivity contribution < 1.29 is 18.9 Å². The predicted octanol–water partition coefficient (Wildman–Crippen LogP) is 4.71. The van der Waals surface area contributed by atoms with Crippen LogP contribution < -0.4 is 29.0 Å². The molecule has 2 heterocycles. The minimum absolute atomic E-state index is 0.0713. The molecule has 2 aromatic heterocycles. The number of aromatic nitrogens is 2. The molecule has 0 unspecified atom stereocenters. The fraction of sp³-hybridized carbons (Fsp3) is 0.214. The third kappa shape index (κ3) is 4.99. The molecule has 3 aromatic carbocycles. The summed E-state index contributed by atoms with van der Waals surface area (Å²) >= 11 is 1.38. The number of hydrogen-bond acceptors (Lipinski definition) is 7. The van der Waals surface area contributed by atoms with Crippen molar-refractivity contribution in [1.29, 1.82) is 0 Å². The second kappa shape index (κ2) is 10.7. The van der Waals surface area contributed by atoms with E-state index in [1.54, 1.807) is 11.5 Å². The molecule has 36 heavy (non-hydrogen) atoms. The van der Waals surface area contributed by atoms with Gasteiger partial charge < -0.3 is 18.9 Å². The molecular weight excluding hydrogens is 476 g/mol. The molecule has 0 saturated heterocycles. The van der Waals surface area contributed by atoms with Crippen LogP contribution in [0.4, 0.5) is 0 Å². The smallest absolute Gasteiger partial charge is 0.274 e. The first-order valence-corrected chi connectivity index (χ1v) is 12.6. The summed E-state index contributed by atoms with van der Waals surface area (Å²) in [7, 11) is 1.63. The second-order valence-electron chi connectivity index (χ2n) is 8.00. The van der Waals surface area contributed by atoms with Crippen LogP contribution in [0.25, 0.3) is 22.1 Å². The third-order valence-electron chi connectivity index (χ3n) is 5.57. The number of para-hydroxylation sites is 2. The van der Waals surface area contributed by atoms with Crippen molar-refractivity contribution in [3.63, 3.8) is 0 Å². The number of thiazole rings is 1. The van der Waals surface area contributed by atoms with Gasteiger partial charge >= 0.3 is 0 Å². The summed E-state index contributed by atoms with van der Waals surface area (Å²) in [4.78, 5) is 18.3. The zero-order valence-electron chi connectivity index (χ0n) is 20.1. The summed E-state index contributed by atoms with van der Waals surface area (Å²) in [5, 5.41) is 0. The average Bonchev–Trinajstić information content (AvgIpc) is 3.41. The topological polar surface area (TPSA) is 71.3 Å². The Morgan fingerprint density at radius 1 is 0.917 bits per heavy atom. The Morgan fingerprint density at radius 3 is 2.61 bits per heavy atom. The molecule has 0 N–H and O–H groups in total. The Morgan fingerprint density at radius 2 is 1.75 bits per heavy atom. The minimum atomic E-state index is -0.0713. The van der Waals surface area contributed by atoms with Gasteiger partial charge in [0.15, 0.2) is 16.5 Å². The highest BCUT2D eigenvalue weighted by molar-refractivity contribution is 7.15. The van der Waals surface area contributed by atoms with Crippen molar-refractivity contribution in [3.05, 3.63) is 87.2 Å². The van der Waals surface area contributed by atoms with Crippen LogP contribution in [0.3, 0.4) is 0 Å². The van der Waals surface area contributed by atoms with E-state index >= 15 is 0 Å². The quantitative estimate of drug-likeness (QED) is 0.258. The first-order chi connectivity index (χ1) is 17.7. The maximum absolute atomic E-state index is 13.1. The van der Waals surface area contributed by atoms with E-state index in [4.69, 9.17) is 18.9 Å². The summed E-state index contributed by atoms with van der Waals surface area (Å²) in [6, 6.07) is 20.9. The van der Waals surface area contributed by atoms with Crippen LogP contribution in [-0.4, -0.2) is 36.3 Å². The van der Waals surface area contributed by atoms with E-state index in [-0.39, 0.29) is 5.56 Å². The van der Waals surface area contributed by atoms with E-state index in [9.17, 15) is 4.79 Å². The Balaban J connectivity index is 1.28. The molecule has 0 fully saturated rings. The minimum Gasteiger partial charge on any atom is -0.497 e. The van der Waals surface area contributed by atoms with Gasteiger partial charge in [0.1, 0.15) is 11.5 Å². The molecule has 0 bridgehead atoms. The van der Waals surface area contributed by atoms with E-state index in [1.807, 2.05) is 79.7 Å². The molecule has 184 valence electrons. The van der Waals surface area contributed by atoms with E-state index in [0.717, 1.165) is 28.1 Å². The molecule has 0 spiro atoms. The fourth-order valence-corrected chi connectivity index (χ4v) is 4.87. The number of methoxy groups -OCH3 is 1. The fourth-order valence-electron chi connectivity index (χ4n) is 3.89. The van der Waals surface area contributed by atoms with E-state index < -0.39 is 0 Å². The first-order valence-electron chi connectivity index (χ1n) is 11.7. The van der Waals surface area contributed by atoms with Gasteiger partial charge in [0.2, 0.25) is 0 Å². The van der Waals surface area contributed by atoms with Crippen LogP contribution >= 0.6 is 11.3 Å². The molecule has 0 atom stereocenters. The number of benzene rings is 3. The van der Waals surface area contributed by atoms with Gasteiger partial charge in [0, 0.05) is 12.5 Å². The van der Waals surface area contributed by atoms with Gasteiger partial charge in [0.05, 0.1) is 42.5 Å². The molecular formula is C28H26N2O5S. The molecule has 0 aliphatic rings. The van der Waals surface area contributed by atoms with Crippen LogP contribution in [0.5, 0.6) is 23.0 Å². The predicted molar refractivity (Wildman–Crippen MR) is 142 cm³/mol. The highest BCUT2D eigenvalue weighted by atomic mass is 32.1. The summed E-state index contributed by atoms with van der Waals surface area (Å²) < 4.78 is 25.1. The lowest BCUT2D eigenvalue weighted by molar-refractivity contribution is 0.235. The lowest BCUT2D eigenvalue weighted by Crippen LogP contribution is -2.22. The highest BCUT2D eigenvalue weighted by Crippen LogP contribution is 2.29. The van der Waals surface area contributed by atoms with Crippen LogP contribution in [0.2, 0.25) is 0 Å². The van der Waals surface area contributed by atoms with Gasteiger partial charge in [-0.05, 0) is 55.0 Å². The second-order valence-corrected chi connectivity index (χ2v) is 9.01. The maximum atomic E-state index is 13.1. The standard InChI is InChI=1S/C28H26N2O5S/c1-3-33-25-16-19(17-26-27(31)30-23-11-5-4-10-22(23)29-28(30)36-26)12-13-24(25)35-15-7-14-34-21-9-6-8-20(18-21)32-2/h4-6,8-13,16-18H,3,7,14-15H2,1-2H3/b26-17-. The van der Waals surface area contributed by atoms with Gasteiger partial charge in [-0.2, -0.15) is 0 Å². The van der Waals surface area contributed by atoms with Gasteiger partial charge in [0.25, 0.3) is 5.56 Å². The summed E-state index contributed by atoms with van der Waals surface area (Å²) in [5.74, 6) is 2.82. The monoisotopic (exact) mass is 502 g/mol. The average molecular weight is 503 g/mol. The molecule has 0 aliphatic carbocycles. The Labute approximate surface area is 212 Å². The van der Waals surface area contributed by atoms with Crippen LogP contribution in [0.15, 0.2) is 71.5 Å². The van der Waals surface area contributed by atoms with Gasteiger partial charge in [-0.3, -0.25) is 4.79 Å². The Hall–Kier alpha value is -4.04. The van der Waals surface area contributed by atoms with Crippen LogP contribution in [-0.2, 0) is 0 Å². The molecule has 0 saturated carbocycles. The van der Waals surface area contributed by atoms with Gasteiger partial charge in [-0.15, -0.1) is 0 Å². The molecule has 8 heteroatoms. The molecule has 7 nitrogen and oxygen atoms in total. The zero-order chi connectivity index (χ0) is 24.9.